The molecule has 0 fully saturated rings. The summed E-state index contributed by atoms with van der Waals surface area (Å²) >= 11 is 0. The molecule has 0 amide bonds. The number of alkyl halides is 6. The van der Waals surface area contributed by atoms with Crippen LogP contribution in [0.5, 0.6) is 0 Å². The van der Waals surface area contributed by atoms with Crippen molar-refractivity contribution in [2.45, 2.75) is 31.9 Å². The molecule has 1 aromatic carbocycles. The summed E-state index contributed by atoms with van der Waals surface area (Å²) in [5, 5.41) is 12.7. The number of aromatic carboxylic acids is 1. The number of anilines is 1. The van der Waals surface area contributed by atoms with Crippen LogP contribution in [0.15, 0.2) is 24.3 Å². The number of hydrogen-bond donors (Lipinski definition) is 1. The van der Waals surface area contributed by atoms with Crippen LogP contribution in [0.25, 0.3) is 0 Å². The maximum absolute atomic E-state index is 13.2. The summed E-state index contributed by atoms with van der Waals surface area (Å²) in [4.78, 5) is 12.8. The number of benzene rings is 1. The van der Waals surface area contributed by atoms with Crippen molar-refractivity contribution in [3.05, 3.63) is 46.6 Å². The summed E-state index contributed by atoms with van der Waals surface area (Å²) in [5.41, 5.74) is -3.19. The normalized spacial score (nSPS) is 15.0. The molecule has 11 heteroatoms. The molecule has 0 bridgehead atoms. The first-order valence-electron chi connectivity index (χ1n) is 7.81. The average molecular weight is 393 g/mol. The predicted molar refractivity (Wildman–Crippen MR) is 81.3 cm³/mol. The first kappa shape index (κ1) is 19.1. The zero-order valence-corrected chi connectivity index (χ0v) is 13.6. The monoisotopic (exact) mass is 393 g/mol. The molecule has 2 heterocycles. The second-order valence-electron chi connectivity index (χ2n) is 6.05. The minimum atomic E-state index is -4.96. The highest BCUT2D eigenvalue weighted by molar-refractivity contribution is 5.95. The zero-order chi connectivity index (χ0) is 20.0. The Bertz CT molecular complexity index is 872. The van der Waals surface area contributed by atoms with Gasteiger partial charge in [0.15, 0.2) is 5.69 Å². The fourth-order valence-corrected chi connectivity index (χ4v) is 3.06. The number of hydrogen-bond acceptors (Lipinski definition) is 3. The molecule has 1 aromatic heterocycles. The summed E-state index contributed by atoms with van der Waals surface area (Å²) in [6, 6.07) is 4.36. The van der Waals surface area contributed by atoms with Gasteiger partial charge in [0.2, 0.25) is 0 Å². The lowest BCUT2D eigenvalue weighted by atomic mass is 10.1. The molecule has 0 radical (unpaired) electrons. The molecular weight excluding hydrogens is 380 g/mol. The van der Waals surface area contributed by atoms with Gasteiger partial charge < -0.3 is 10.0 Å². The van der Waals surface area contributed by atoms with Gasteiger partial charge in [-0.1, -0.05) is 12.1 Å². The molecular formula is C16H13F6N3O2. The molecule has 1 N–H and O–H groups in total. The van der Waals surface area contributed by atoms with Crippen molar-refractivity contribution in [2.24, 2.45) is 0 Å². The van der Waals surface area contributed by atoms with Crippen LogP contribution in [0.1, 0.15) is 33.6 Å². The number of halogens is 6. The first-order valence-corrected chi connectivity index (χ1v) is 7.81. The number of carboxylic acid groups (broad SMARTS) is 1. The Labute approximate surface area is 148 Å². The summed E-state index contributed by atoms with van der Waals surface area (Å²) in [6.07, 6.45) is -9.14. The van der Waals surface area contributed by atoms with E-state index in [0.717, 1.165) is 16.8 Å². The molecule has 0 aliphatic carbocycles. The Hall–Kier alpha value is -2.72. The lowest BCUT2D eigenvalue weighted by molar-refractivity contribution is -0.142. The summed E-state index contributed by atoms with van der Waals surface area (Å²) in [7, 11) is 0. The van der Waals surface area contributed by atoms with E-state index < -0.39 is 35.1 Å². The fourth-order valence-electron chi connectivity index (χ4n) is 3.06. The first-order chi connectivity index (χ1) is 12.5. The molecule has 0 saturated carbocycles. The molecule has 5 nitrogen and oxygen atoms in total. The van der Waals surface area contributed by atoms with E-state index in [-0.39, 0.29) is 31.0 Å². The van der Waals surface area contributed by atoms with Crippen molar-refractivity contribution in [3.8, 4) is 0 Å². The van der Waals surface area contributed by atoms with E-state index in [2.05, 4.69) is 5.10 Å². The van der Waals surface area contributed by atoms with Gasteiger partial charge in [-0.05, 0) is 24.1 Å². The lowest BCUT2D eigenvalue weighted by Crippen LogP contribution is -2.33. The van der Waals surface area contributed by atoms with E-state index >= 15 is 0 Å². The second kappa shape index (κ2) is 6.46. The summed E-state index contributed by atoms with van der Waals surface area (Å²) in [5.74, 6) is -2.04. The Kier molecular flexibility index (Phi) is 4.56. The van der Waals surface area contributed by atoms with Gasteiger partial charge in [-0.3, -0.25) is 0 Å². The van der Waals surface area contributed by atoms with Crippen molar-refractivity contribution in [3.63, 3.8) is 0 Å². The van der Waals surface area contributed by atoms with E-state index in [9.17, 15) is 36.2 Å². The third kappa shape index (κ3) is 3.71. The van der Waals surface area contributed by atoms with Gasteiger partial charge in [-0.2, -0.15) is 31.4 Å². The van der Waals surface area contributed by atoms with Gasteiger partial charge in [0, 0.05) is 19.6 Å². The van der Waals surface area contributed by atoms with Crippen molar-refractivity contribution in [1.29, 1.82) is 0 Å². The number of fused-ring (bicyclic) bond motifs is 1. The van der Waals surface area contributed by atoms with Gasteiger partial charge in [-0.15, -0.1) is 0 Å². The van der Waals surface area contributed by atoms with Crippen molar-refractivity contribution >= 4 is 11.8 Å². The maximum Gasteiger partial charge on any atom is 0.436 e. The van der Waals surface area contributed by atoms with Crippen molar-refractivity contribution in [1.82, 2.24) is 9.78 Å². The topological polar surface area (TPSA) is 58.4 Å². The van der Waals surface area contributed by atoms with Crippen LogP contribution in [0.3, 0.4) is 0 Å². The Balaban J connectivity index is 2.02. The van der Waals surface area contributed by atoms with Crippen LogP contribution in [0.2, 0.25) is 0 Å². The minimum Gasteiger partial charge on any atom is -0.477 e. The third-order valence-electron chi connectivity index (χ3n) is 4.13. The SMILES string of the molecule is O=C(O)c1c(C(F)(F)F)nn2c1N(Cc1cccc(C(F)(F)F)c1)CCC2. The van der Waals surface area contributed by atoms with Gasteiger partial charge in [0.05, 0.1) is 5.56 Å². The molecule has 0 spiro atoms. The Morgan fingerprint density at radius 3 is 2.41 bits per heavy atom. The van der Waals surface area contributed by atoms with Gasteiger partial charge in [-0.25, -0.2) is 9.48 Å². The van der Waals surface area contributed by atoms with Crippen LogP contribution >= 0.6 is 0 Å². The highest BCUT2D eigenvalue weighted by atomic mass is 19.4. The largest absolute Gasteiger partial charge is 0.477 e. The third-order valence-corrected chi connectivity index (χ3v) is 4.13. The Morgan fingerprint density at radius 2 is 1.81 bits per heavy atom. The predicted octanol–water partition coefficient (Wildman–Crippen LogP) is 4.03. The molecule has 3 rings (SSSR count). The standard InChI is InChI=1S/C16H13F6N3O2/c17-15(18,19)10-4-1-3-9(7-10)8-24-5-2-6-25-13(24)11(14(26)27)12(23-25)16(20,21)22/h1,3-4,7H,2,5-6,8H2,(H,26,27). The van der Waals surface area contributed by atoms with E-state index in [1.54, 1.807) is 0 Å². The molecule has 27 heavy (non-hydrogen) atoms. The summed E-state index contributed by atoms with van der Waals surface area (Å²) in [6.45, 7) is 0.109. The van der Waals surface area contributed by atoms with Crippen LogP contribution in [-0.4, -0.2) is 27.4 Å². The minimum absolute atomic E-state index is 0.0881. The molecule has 0 atom stereocenters. The van der Waals surface area contributed by atoms with E-state index in [4.69, 9.17) is 0 Å². The Morgan fingerprint density at radius 1 is 1.11 bits per heavy atom. The lowest BCUT2D eigenvalue weighted by Gasteiger charge is -2.30. The average Bonchev–Trinajstić information content (AvgIpc) is 2.95. The summed E-state index contributed by atoms with van der Waals surface area (Å²) < 4.78 is 79.0. The number of aromatic nitrogens is 2. The number of carbonyl (C=O) groups is 1. The molecule has 2 aromatic rings. The molecule has 1 aliphatic rings. The number of rotatable bonds is 3. The number of carboxylic acids is 1. The van der Waals surface area contributed by atoms with Crippen LogP contribution in [0.4, 0.5) is 32.2 Å². The quantitative estimate of drug-likeness (QED) is 0.800. The van der Waals surface area contributed by atoms with Crippen LogP contribution in [0, 0.1) is 0 Å². The molecule has 0 saturated heterocycles. The zero-order valence-electron chi connectivity index (χ0n) is 13.6. The molecule has 1 aliphatic heterocycles. The highest BCUT2D eigenvalue weighted by Crippen LogP contribution is 2.38. The molecule has 0 unspecified atom stereocenters. The van der Waals surface area contributed by atoms with Gasteiger partial charge in [0.25, 0.3) is 0 Å². The molecule has 146 valence electrons. The highest BCUT2D eigenvalue weighted by Gasteiger charge is 2.43. The van der Waals surface area contributed by atoms with E-state index in [0.29, 0.717) is 6.42 Å². The van der Waals surface area contributed by atoms with Crippen LogP contribution in [-0.2, 0) is 25.4 Å². The number of nitrogens with zero attached hydrogens (tertiary/aromatic N) is 3. The smallest absolute Gasteiger partial charge is 0.436 e. The van der Waals surface area contributed by atoms with E-state index in [1.165, 1.54) is 17.0 Å². The maximum atomic E-state index is 13.2. The van der Waals surface area contributed by atoms with Gasteiger partial charge in [0.1, 0.15) is 11.4 Å². The van der Waals surface area contributed by atoms with Crippen molar-refractivity contribution in [2.75, 3.05) is 11.4 Å². The van der Waals surface area contributed by atoms with Crippen molar-refractivity contribution < 1.29 is 36.2 Å². The van der Waals surface area contributed by atoms with Gasteiger partial charge >= 0.3 is 18.3 Å². The number of aryl methyl sites for hydroxylation is 1. The fraction of sp³-hybridized carbons (Fsp3) is 0.375. The second-order valence-corrected chi connectivity index (χ2v) is 6.05. The van der Waals surface area contributed by atoms with Crippen LogP contribution < -0.4 is 4.90 Å². The van der Waals surface area contributed by atoms with E-state index in [1.807, 2.05) is 0 Å².